The standard InChI is InChI=1S/C27H21F3IN3O4/c1-16(2)38-24(35)15-37-23-11-10-17(12-21(23)31)14-32-34-25(18-6-5-7-19(13-18)27(28,29)30)33-22-9-4-3-8-20(22)26(34)36/h3-14,16H,15H2,1-2H3. The fraction of sp³-hybridized carbons (Fsp3) is 0.185. The van der Waals surface area contributed by atoms with Gasteiger partial charge in [0.2, 0.25) is 0 Å². The molecular formula is C27H21F3IN3O4. The Morgan fingerprint density at radius 1 is 1.11 bits per heavy atom. The van der Waals surface area contributed by atoms with E-state index >= 15 is 0 Å². The summed E-state index contributed by atoms with van der Waals surface area (Å²) in [6.07, 6.45) is -3.42. The summed E-state index contributed by atoms with van der Waals surface area (Å²) >= 11 is 2.03. The maximum Gasteiger partial charge on any atom is 0.416 e. The summed E-state index contributed by atoms with van der Waals surface area (Å²) in [5.41, 5.74) is -0.385. The van der Waals surface area contributed by atoms with E-state index in [1.807, 2.05) is 22.6 Å². The Labute approximate surface area is 229 Å². The lowest BCUT2D eigenvalue weighted by Crippen LogP contribution is -2.20. The first-order valence-corrected chi connectivity index (χ1v) is 12.5. The van der Waals surface area contributed by atoms with Gasteiger partial charge in [-0.25, -0.2) is 9.78 Å². The van der Waals surface area contributed by atoms with E-state index in [2.05, 4.69) is 10.1 Å². The molecule has 0 atom stereocenters. The number of hydrogen-bond acceptors (Lipinski definition) is 6. The molecule has 3 aromatic carbocycles. The van der Waals surface area contributed by atoms with Crippen LogP contribution in [0.3, 0.4) is 0 Å². The van der Waals surface area contributed by atoms with Gasteiger partial charge in [0, 0.05) is 5.56 Å². The van der Waals surface area contributed by atoms with E-state index in [1.165, 1.54) is 18.3 Å². The van der Waals surface area contributed by atoms with Crippen LogP contribution in [0.5, 0.6) is 5.75 Å². The normalized spacial score (nSPS) is 11.9. The third kappa shape index (κ3) is 6.39. The predicted octanol–water partition coefficient (Wildman–Crippen LogP) is 5.90. The summed E-state index contributed by atoms with van der Waals surface area (Å²) in [6, 6.07) is 16.1. The molecule has 0 spiro atoms. The number of benzene rings is 3. The zero-order valence-electron chi connectivity index (χ0n) is 20.2. The quantitative estimate of drug-likeness (QED) is 0.144. The Bertz CT molecular complexity index is 1580. The predicted molar refractivity (Wildman–Crippen MR) is 145 cm³/mol. The highest BCUT2D eigenvalue weighted by Gasteiger charge is 2.31. The molecule has 4 rings (SSSR count). The van der Waals surface area contributed by atoms with Crippen molar-refractivity contribution < 1.29 is 27.4 Å². The number of para-hydroxylation sites is 1. The molecule has 0 aliphatic heterocycles. The van der Waals surface area contributed by atoms with E-state index in [-0.39, 0.29) is 29.5 Å². The Morgan fingerprint density at radius 3 is 2.58 bits per heavy atom. The van der Waals surface area contributed by atoms with E-state index in [1.54, 1.807) is 56.3 Å². The first-order valence-electron chi connectivity index (χ1n) is 11.4. The smallest absolute Gasteiger partial charge is 0.416 e. The molecule has 1 aromatic heterocycles. The number of alkyl halides is 3. The number of esters is 1. The molecule has 0 amide bonds. The molecule has 38 heavy (non-hydrogen) atoms. The second-order valence-corrected chi connectivity index (χ2v) is 9.57. The molecule has 1 heterocycles. The van der Waals surface area contributed by atoms with Crippen molar-refractivity contribution in [1.29, 1.82) is 0 Å². The van der Waals surface area contributed by atoms with Crippen molar-refractivity contribution in [2.45, 2.75) is 26.1 Å². The highest BCUT2D eigenvalue weighted by molar-refractivity contribution is 14.1. The molecule has 0 N–H and O–H groups in total. The van der Waals surface area contributed by atoms with Gasteiger partial charge in [0.15, 0.2) is 12.4 Å². The third-order valence-corrected chi connectivity index (χ3v) is 6.04. The highest BCUT2D eigenvalue weighted by Crippen LogP contribution is 2.32. The van der Waals surface area contributed by atoms with E-state index < -0.39 is 23.3 Å². The maximum atomic E-state index is 13.4. The number of halogens is 4. The Balaban J connectivity index is 1.71. The molecular weight excluding hydrogens is 614 g/mol. The Kier molecular flexibility index (Phi) is 8.14. The van der Waals surface area contributed by atoms with Gasteiger partial charge >= 0.3 is 12.1 Å². The van der Waals surface area contributed by atoms with Crippen LogP contribution in [0, 0.1) is 3.57 Å². The minimum absolute atomic E-state index is 0.0330. The lowest BCUT2D eigenvalue weighted by Gasteiger charge is -2.12. The van der Waals surface area contributed by atoms with Crippen LogP contribution in [0.25, 0.3) is 22.3 Å². The van der Waals surface area contributed by atoms with E-state index in [0.29, 0.717) is 20.4 Å². The van der Waals surface area contributed by atoms with Gasteiger partial charge in [-0.3, -0.25) is 4.79 Å². The Hall–Kier alpha value is -3.74. The lowest BCUT2D eigenvalue weighted by atomic mass is 10.1. The second-order valence-electron chi connectivity index (χ2n) is 8.41. The van der Waals surface area contributed by atoms with Gasteiger partial charge in [-0.05, 0) is 84.5 Å². The van der Waals surface area contributed by atoms with E-state index in [4.69, 9.17) is 9.47 Å². The van der Waals surface area contributed by atoms with Gasteiger partial charge < -0.3 is 9.47 Å². The lowest BCUT2D eigenvalue weighted by molar-refractivity contribution is -0.149. The number of nitrogens with zero attached hydrogens (tertiary/aromatic N) is 3. The van der Waals surface area contributed by atoms with Crippen molar-refractivity contribution in [2.75, 3.05) is 6.61 Å². The summed E-state index contributed by atoms with van der Waals surface area (Å²) in [6.45, 7) is 3.23. The molecule has 0 aliphatic rings. The van der Waals surface area contributed by atoms with Crippen LogP contribution < -0.4 is 10.3 Å². The van der Waals surface area contributed by atoms with Crippen molar-refractivity contribution in [3.8, 4) is 17.1 Å². The number of rotatable bonds is 7. The third-order valence-electron chi connectivity index (χ3n) is 5.19. The molecule has 0 saturated heterocycles. The first kappa shape index (κ1) is 27.3. The molecule has 4 aromatic rings. The zero-order valence-corrected chi connectivity index (χ0v) is 22.4. The number of ether oxygens (including phenoxy) is 2. The van der Waals surface area contributed by atoms with Gasteiger partial charge in [0.1, 0.15) is 5.75 Å². The molecule has 0 aliphatic carbocycles. The molecule has 0 unspecified atom stereocenters. The number of carbonyl (C=O) groups is 1. The van der Waals surface area contributed by atoms with Crippen LogP contribution >= 0.6 is 22.6 Å². The van der Waals surface area contributed by atoms with Crippen molar-refractivity contribution >= 4 is 45.7 Å². The fourth-order valence-corrected chi connectivity index (χ4v) is 4.22. The topological polar surface area (TPSA) is 82.8 Å². The average molecular weight is 635 g/mol. The molecule has 0 saturated carbocycles. The van der Waals surface area contributed by atoms with E-state index in [9.17, 15) is 22.8 Å². The summed E-state index contributed by atoms with van der Waals surface area (Å²) in [7, 11) is 0. The fourth-order valence-electron chi connectivity index (χ4n) is 3.52. The van der Waals surface area contributed by atoms with Gasteiger partial charge in [-0.1, -0.05) is 24.3 Å². The van der Waals surface area contributed by atoms with Gasteiger partial charge in [-0.15, -0.1) is 0 Å². The van der Waals surface area contributed by atoms with Crippen molar-refractivity contribution in [3.63, 3.8) is 0 Å². The highest BCUT2D eigenvalue weighted by atomic mass is 127. The SMILES string of the molecule is CC(C)OC(=O)COc1ccc(C=Nn2c(-c3cccc(C(F)(F)F)c3)nc3ccccc3c2=O)cc1I. The number of hydrogen-bond donors (Lipinski definition) is 0. The monoisotopic (exact) mass is 635 g/mol. The van der Waals surface area contributed by atoms with E-state index in [0.717, 1.165) is 16.8 Å². The first-order chi connectivity index (χ1) is 18.0. The molecule has 0 fully saturated rings. The minimum Gasteiger partial charge on any atom is -0.481 e. The summed E-state index contributed by atoms with van der Waals surface area (Å²) in [4.78, 5) is 29.5. The summed E-state index contributed by atoms with van der Waals surface area (Å²) < 4.78 is 52.3. The number of aromatic nitrogens is 2. The largest absolute Gasteiger partial charge is 0.481 e. The van der Waals surface area contributed by atoms with Crippen LogP contribution in [0.1, 0.15) is 25.0 Å². The summed E-state index contributed by atoms with van der Waals surface area (Å²) in [5, 5.41) is 4.56. The van der Waals surface area contributed by atoms with Crippen LogP contribution in [-0.4, -0.2) is 34.6 Å². The van der Waals surface area contributed by atoms with Gasteiger partial charge in [0.05, 0.1) is 32.4 Å². The number of fused-ring (bicyclic) bond motifs is 1. The Morgan fingerprint density at radius 2 is 1.87 bits per heavy atom. The van der Waals surface area contributed by atoms with Crippen molar-refractivity contribution in [1.82, 2.24) is 9.66 Å². The van der Waals surface area contributed by atoms with Crippen LogP contribution in [0.15, 0.2) is 76.6 Å². The van der Waals surface area contributed by atoms with Crippen LogP contribution in [0.2, 0.25) is 0 Å². The second kappa shape index (κ2) is 11.3. The average Bonchev–Trinajstić information content (AvgIpc) is 2.86. The number of carbonyl (C=O) groups excluding carboxylic acids is 1. The maximum absolute atomic E-state index is 13.4. The molecule has 11 heteroatoms. The minimum atomic E-state index is -4.56. The molecule has 7 nitrogen and oxygen atoms in total. The van der Waals surface area contributed by atoms with Gasteiger partial charge in [0.25, 0.3) is 5.56 Å². The summed E-state index contributed by atoms with van der Waals surface area (Å²) in [5.74, 6) is -0.0706. The van der Waals surface area contributed by atoms with Crippen LogP contribution in [0.4, 0.5) is 13.2 Å². The molecule has 196 valence electrons. The van der Waals surface area contributed by atoms with Crippen molar-refractivity contribution in [3.05, 3.63) is 91.8 Å². The van der Waals surface area contributed by atoms with Gasteiger partial charge in [-0.2, -0.15) is 22.9 Å². The van der Waals surface area contributed by atoms with Crippen LogP contribution in [-0.2, 0) is 15.7 Å². The van der Waals surface area contributed by atoms with Crippen molar-refractivity contribution in [2.24, 2.45) is 5.10 Å². The molecule has 0 bridgehead atoms. The molecule has 0 radical (unpaired) electrons. The zero-order chi connectivity index (χ0) is 27.4.